The van der Waals surface area contributed by atoms with E-state index in [2.05, 4.69) is 26.1 Å². The first-order chi connectivity index (χ1) is 6.59. The van der Waals surface area contributed by atoms with E-state index in [1.54, 1.807) is 12.1 Å². The summed E-state index contributed by atoms with van der Waals surface area (Å²) in [5.41, 5.74) is 11.0. The van der Waals surface area contributed by atoms with Crippen LogP contribution in [0.2, 0.25) is 5.02 Å². The minimum Gasteiger partial charge on any atom is -0.369 e. The van der Waals surface area contributed by atoms with Gasteiger partial charge in [-0.3, -0.25) is 0 Å². The second kappa shape index (κ2) is 4.97. The summed E-state index contributed by atoms with van der Waals surface area (Å²) in [4.78, 5) is 0. The highest BCUT2D eigenvalue weighted by Gasteiger charge is 1.96. The van der Waals surface area contributed by atoms with Crippen LogP contribution in [0.5, 0.6) is 0 Å². The van der Waals surface area contributed by atoms with Gasteiger partial charge in [0.05, 0.1) is 11.2 Å². The van der Waals surface area contributed by atoms with Crippen molar-refractivity contribution >= 4 is 39.7 Å². The molecule has 0 saturated carbocycles. The zero-order valence-corrected chi connectivity index (χ0v) is 9.46. The van der Waals surface area contributed by atoms with Gasteiger partial charge in [0.15, 0.2) is 0 Å². The molecule has 1 aromatic carbocycles. The van der Waals surface area contributed by atoms with Crippen LogP contribution in [0, 0.1) is 0 Å². The van der Waals surface area contributed by atoms with Gasteiger partial charge in [0.25, 0.3) is 0 Å². The Morgan fingerprint density at radius 2 is 2.14 bits per heavy atom. The number of hydrogen-bond donors (Lipinski definition) is 2. The third-order valence-electron chi connectivity index (χ3n) is 1.32. The van der Waals surface area contributed by atoms with E-state index in [-0.39, 0.29) is 5.96 Å². The van der Waals surface area contributed by atoms with E-state index in [0.717, 1.165) is 10.0 Å². The van der Waals surface area contributed by atoms with E-state index in [4.69, 9.17) is 23.1 Å². The molecule has 0 unspecified atom stereocenters. The quantitative estimate of drug-likeness (QED) is 0.490. The smallest absolute Gasteiger partial charge is 0.211 e. The Balaban J connectivity index is 2.83. The molecule has 74 valence electrons. The normalized spacial score (nSPS) is 10.4. The van der Waals surface area contributed by atoms with Gasteiger partial charge in [0.1, 0.15) is 0 Å². The van der Waals surface area contributed by atoms with E-state index in [1.807, 2.05) is 6.07 Å². The molecule has 14 heavy (non-hydrogen) atoms. The van der Waals surface area contributed by atoms with E-state index in [9.17, 15) is 0 Å². The zero-order chi connectivity index (χ0) is 10.6. The van der Waals surface area contributed by atoms with Crippen molar-refractivity contribution in [2.45, 2.75) is 0 Å². The number of halogens is 2. The largest absolute Gasteiger partial charge is 0.369 e. The summed E-state index contributed by atoms with van der Waals surface area (Å²) in [6.07, 6.45) is 1.53. The van der Waals surface area contributed by atoms with Crippen molar-refractivity contribution in [2.24, 2.45) is 21.7 Å². The lowest BCUT2D eigenvalue weighted by Crippen LogP contribution is -2.21. The molecule has 0 aliphatic rings. The summed E-state index contributed by atoms with van der Waals surface area (Å²) in [7, 11) is 0. The standard InChI is InChI=1S/C8H8BrClN4/c9-6-3-5(1-2-7(6)10)4-13-14-8(11)12/h1-4H,(H4,11,12,14)/b13-4+. The first-order valence-corrected chi connectivity index (χ1v) is 4.83. The predicted molar refractivity (Wildman–Crippen MR) is 62.6 cm³/mol. The van der Waals surface area contributed by atoms with Crippen LogP contribution in [0.3, 0.4) is 0 Å². The molecule has 0 amide bonds. The number of nitrogens with two attached hydrogens (primary N) is 2. The van der Waals surface area contributed by atoms with Crippen molar-refractivity contribution in [3.05, 3.63) is 33.3 Å². The fourth-order valence-corrected chi connectivity index (χ4v) is 1.27. The molecular formula is C8H8BrClN4. The SMILES string of the molecule is NC(N)=N/N=C/c1ccc(Cl)c(Br)c1. The van der Waals surface area contributed by atoms with Crippen LogP contribution in [0.4, 0.5) is 0 Å². The Labute approximate surface area is 94.8 Å². The fraction of sp³-hybridized carbons (Fsp3) is 0. The molecule has 0 fully saturated rings. The molecule has 0 spiro atoms. The van der Waals surface area contributed by atoms with E-state index >= 15 is 0 Å². The molecule has 4 nitrogen and oxygen atoms in total. The monoisotopic (exact) mass is 274 g/mol. The summed E-state index contributed by atoms with van der Waals surface area (Å²) in [5, 5.41) is 7.77. The minimum absolute atomic E-state index is 0.0747. The molecule has 6 heteroatoms. The van der Waals surface area contributed by atoms with Crippen molar-refractivity contribution in [1.82, 2.24) is 0 Å². The number of rotatable bonds is 2. The van der Waals surface area contributed by atoms with Gasteiger partial charge < -0.3 is 11.5 Å². The Morgan fingerprint density at radius 3 is 2.71 bits per heavy atom. The van der Waals surface area contributed by atoms with Crippen molar-refractivity contribution in [1.29, 1.82) is 0 Å². The van der Waals surface area contributed by atoms with Crippen LogP contribution < -0.4 is 11.5 Å². The molecule has 4 N–H and O–H groups in total. The molecule has 1 aromatic rings. The second-order valence-electron chi connectivity index (χ2n) is 2.44. The molecular weight excluding hydrogens is 267 g/mol. The van der Waals surface area contributed by atoms with Gasteiger partial charge in [-0.15, -0.1) is 5.10 Å². The highest BCUT2D eigenvalue weighted by molar-refractivity contribution is 9.10. The lowest BCUT2D eigenvalue weighted by Gasteiger charge is -1.96. The van der Waals surface area contributed by atoms with Crippen LogP contribution in [-0.4, -0.2) is 12.2 Å². The maximum absolute atomic E-state index is 5.81. The Hall–Kier alpha value is -1.07. The average molecular weight is 276 g/mol. The first kappa shape index (κ1) is 11.0. The summed E-state index contributed by atoms with van der Waals surface area (Å²) < 4.78 is 0.799. The van der Waals surface area contributed by atoms with E-state index in [1.165, 1.54) is 6.21 Å². The van der Waals surface area contributed by atoms with Gasteiger partial charge in [-0.2, -0.15) is 5.10 Å². The zero-order valence-electron chi connectivity index (χ0n) is 7.11. The van der Waals surface area contributed by atoms with Crippen LogP contribution >= 0.6 is 27.5 Å². The van der Waals surface area contributed by atoms with Crippen molar-refractivity contribution in [2.75, 3.05) is 0 Å². The molecule has 0 saturated heterocycles. The Kier molecular flexibility index (Phi) is 3.91. The summed E-state index contributed by atoms with van der Waals surface area (Å²) in [6, 6.07) is 5.37. The van der Waals surface area contributed by atoms with Crippen LogP contribution in [0.25, 0.3) is 0 Å². The van der Waals surface area contributed by atoms with Crippen LogP contribution in [0.15, 0.2) is 32.9 Å². The molecule has 0 aromatic heterocycles. The number of guanidine groups is 1. The number of nitrogens with zero attached hydrogens (tertiary/aromatic N) is 2. The summed E-state index contributed by atoms with van der Waals surface area (Å²) in [6.45, 7) is 0. The molecule has 0 bridgehead atoms. The second-order valence-corrected chi connectivity index (χ2v) is 3.70. The highest BCUT2D eigenvalue weighted by atomic mass is 79.9. The lowest BCUT2D eigenvalue weighted by molar-refractivity contribution is 1.21. The third kappa shape index (κ3) is 3.35. The maximum Gasteiger partial charge on any atom is 0.211 e. The topological polar surface area (TPSA) is 76.8 Å². The molecule has 0 radical (unpaired) electrons. The summed E-state index contributed by atoms with van der Waals surface area (Å²) >= 11 is 9.09. The Bertz CT molecular complexity index is 385. The molecule has 0 atom stereocenters. The number of benzene rings is 1. The fourth-order valence-electron chi connectivity index (χ4n) is 0.755. The molecule has 0 aliphatic heterocycles. The van der Waals surface area contributed by atoms with Gasteiger partial charge in [-0.25, -0.2) is 0 Å². The van der Waals surface area contributed by atoms with Gasteiger partial charge in [-0.05, 0) is 33.6 Å². The van der Waals surface area contributed by atoms with E-state index in [0.29, 0.717) is 5.02 Å². The summed E-state index contributed by atoms with van der Waals surface area (Å²) in [5.74, 6) is -0.0747. The van der Waals surface area contributed by atoms with Gasteiger partial charge in [0.2, 0.25) is 5.96 Å². The lowest BCUT2D eigenvalue weighted by atomic mass is 10.2. The molecule has 0 aliphatic carbocycles. The van der Waals surface area contributed by atoms with E-state index < -0.39 is 0 Å². The van der Waals surface area contributed by atoms with Gasteiger partial charge in [0, 0.05) is 4.47 Å². The van der Waals surface area contributed by atoms with Crippen molar-refractivity contribution < 1.29 is 0 Å². The van der Waals surface area contributed by atoms with Crippen molar-refractivity contribution in [3.63, 3.8) is 0 Å². The van der Waals surface area contributed by atoms with Gasteiger partial charge >= 0.3 is 0 Å². The average Bonchev–Trinajstić information content (AvgIpc) is 2.10. The predicted octanol–water partition coefficient (Wildman–Crippen LogP) is 1.71. The van der Waals surface area contributed by atoms with Gasteiger partial charge in [-0.1, -0.05) is 17.7 Å². The van der Waals surface area contributed by atoms with Crippen LogP contribution in [-0.2, 0) is 0 Å². The van der Waals surface area contributed by atoms with Crippen LogP contribution in [0.1, 0.15) is 5.56 Å². The maximum atomic E-state index is 5.81. The highest BCUT2D eigenvalue weighted by Crippen LogP contribution is 2.22. The third-order valence-corrected chi connectivity index (χ3v) is 2.54. The number of hydrogen-bond acceptors (Lipinski definition) is 2. The first-order valence-electron chi connectivity index (χ1n) is 3.66. The molecule has 1 rings (SSSR count). The van der Waals surface area contributed by atoms with Crippen molar-refractivity contribution in [3.8, 4) is 0 Å². The molecule has 0 heterocycles. The minimum atomic E-state index is -0.0747. The Morgan fingerprint density at radius 1 is 1.43 bits per heavy atom.